The van der Waals surface area contributed by atoms with Crippen LogP contribution in [0.25, 0.3) is 0 Å². The number of nitrogens with one attached hydrogen (secondary N) is 1. The van der Waals surface area contributed by atoms with Gasteiger partial charge in [-0.05, 0) is 32.6 Å². The third kappa shape index (κ3) is 4.04. The Bertz CT molecular complexity index is 228. The van der Waals surface area contributed by atoms with Crippen LogP contribution in [0.5, 0.6) is 0 Å². The maximum absolute atomic E-state index is 10.9. The Morgan fingerprint density at radius 2 is 2.40 bits per heavy atom. The summed E-state index contributed by atoms with van der Waals surface area (Å²) in [6.45, 7) is 5.82. The fraction of sp³-hybridized carbons (Fsp3) is 0.750. The maximum Gasteiger partial charge on any atom is 0.306 e. The molecule has 0 radical (unpaired) electrons. The van der Waals surface area contributed by atoms with E-state index in [0.29, 0.717) is 12.1 Å². The zero-order valence-electron chi connectivity index (χ0n) is 9.41. The lowest BCUT2D eigenvalue weighted by Crippen LogP contribution is -2.40. The van der Waals surface area contributed by atoms with Gasteiger partial charge in [0.1, 0.15) is 0 Å². The number of carbonyl (C=O) groups is 1. The quantitative estimate of drug-likeness (QED) is 0.685. The molecule has 3 unspecified atom stereocenters. The van der Waals surface area contributed by atoms with Gasteiger partial charge in [-0.25, -0.2) is 0 Å². The predicted molar refractivity (Wildman–Crippen MR) is 60.8 cm³/mol. The first-order valence-electron chi connectivity index (χ1n) is 5.73. The van der Waals surface area contributed by atoms with Gasteiger partial charge in [-0.2, -0.15) is 0 Å². The first-order valence-corrected chi connectivity index (χ1v) is 5.73. The van der Waals surface area contributed by atoms with Gasteiger partial charge in [-0.3, -0.25) is 4.79 Å². The van der Waals surface area contributed by atoms with Crippen molar-refractivity contribution in [2.24, 2.45) is 5.92 Å². The lowest BCUT2D eigenvalue weighted by molar-refractivity contribution is -0.143. The molecule has 0 aromatic rings. The topological polar surface area (TPSA) is 49.3 Å². The van der Waals surface area contributed by atoms with Gasteiger partial charge in [0.25, 0.3) is 0 Å². The Morgan fingerprint density at radius 1 is 1.67 bits per heavy atom. The molecule has 1 rings (SSSR count). The van der Waals surface area contributed by atoms with Crippen LogP contribution in [0.2, 0.25) is 0 Å². The number of hydrogen-bond donors (Lipinski definition) is 2. The molecule has 0 aliphatic heterocycles. The Hall–Kier alpha value is -0.830. The van der Waals surface area contributed by atoms with E-state index in [2.05, 4.69) is 18.8 Å². The number of rotatable bonds is 5. The van der Waals surface area contributed by atoms with E-state index < -0.39 is 5.97 Å². The highest BCUT2D eigenvalue weighted by Gasteiger charge is 2.27. The fourth-order valence-corrected chi connectivity index (χ4v) is 2.29. The summed E-state index contributed by atoms with van der Waals surface area (Å²) >= 11 is 0. The van der Waals surface area contributed by atoms with Crippen LogP contribution in [0.3, 0.4) is 0 Å². The predicted octanol–water partition coefficient (Wildman–Crippen LogP) is 2.18. The van der Waals surface area contributed by atoms with Crippen LogP contribution in [0.4, 0.5) is 0 Å². The Kier molecular flexibility index (Phi) is 4.82. The van der Waals surface area contributed by atoms with Crippen molar-refractivity contribution in [3.05, 3.63) is 12.7 Å². The summed E-state index contributed by atoms with van der Waals surface area (Å²) < 4.78 is 0. The van der Waals surface area contributed by atoms with E-state index in [-0.39, 0.29) is 5.92 Å². The van der Waals surface area contributed by atoms with E-state index >= 15 is 0 Å². The number of carboxylic acid groups (broad SMARTS) is 1. The van der Waals surface area contributed by atoms with E-state index in [9.17, 15) is 4.79 Å². The molecule has 0 amide bonds. The molecule has 0 bridgehead atoms. The Labute approximate surface area is 91.6 Å². The minimum Gasteiger partial charge on any atom is -0.481 e. The molecule has 15 heavy (non-hydrogen) atoms. The first-order chi connectivity index (χ1) is 7.13. The zero-order valence-corrected chi connectivity index (χ0v) is 9.41. The van der Waals surface area contributed by atoms with Gasteiger partial charge in [0.05, 0.1) is 5.92 Å². The average molecular weight is 211 g/mol. The summed E-state index contributed by atoms with van der Waals surface area (Å²) in [5.41, 5.74) is 0. The summed E-state index contributed by atoms with van der Waals surface area (Å²) in [4.78, 5) is 10.9. The molecular formula is C12H21NO2. The van der Waals surface area contributed by atoms with Crippen LogP contribution >= 0.6 is 0 Å². The summed E-state index contributed by atoms with van der Waals surface area (Å²) in [5.74, 6) is -0.787. The van der Waals surface area contributed by atoms with E-state index in [0.717, 1.165) is 32.1 Å². The minimum absolute atomic E-state index is 0.146. The lowest BCUT2D eigenvalue weighted by Gasteiger charge is -2.29. The third-order valence-electron chi connectivity index (χ3n) is 3.06. The van der Waals surface area contributed by atoms with E-state index in [1.54, 1.807) is 0 Å². The summed E-state index contributed by atoms with van der Waals surface area (Å²) in [6, 6.07) is 0.773. The van der Waals surface area contributed by atoms with Crippen LogP contribution in [0, 0.1) is 5.92 Å². The molecule has 0 heterocycles. The van der Waals surface area contributed by atoms with Crippen LogP contribution in [0.15, 0.2) is 12.7 Å². The van der Waals surface area contributed by atoms with Crippen molar-refractivity contribution < 1.29 is 9.90 Å². The van der Waals surface area contributed by atoms with E-state index in [4.69, 9.17) is 5.11 Å². The largest absolute Gasteiger partial charge is 0.481 e. The molecule has 2 N–H and O–H groups in total. The second-order valence-corrected chi connectivity index (χ2v) is 4.49. The first kappa shape index (κ1) is 12.2. The molecule has 0 aromatic carbocycles. The molecular weight excluding hydrogens is 190 g/mol. The number of aliphatic carboxylic acids is 1. The molecule has 3 atom stereocenters. The molecule has 3 heteroatoms. The number of carboxylic acids is 1. The molecule has 3 nitrogen and oxygen atoms in total. The summed E-state index contributed by atoms with van der Waals surface area (Å²) in [7, 11) is 0. The highest BCUT2D eigenvalue weighted by atomic mass is 16.4. The normalized spacial score (nSPS) is 28.3. The zero-order chi connectivity index (χ0) is 11.3. The van der Waals surface area contributed by atoms with Gasteiger partial charge in [0.2, 0.25) is 0 Å². The van der Waals surface area contributed by atoms with E-state index in [1.165, 1.54) is 0 Å². The highest BCUT2D eigenvalue weighted by Crippen LogP contribution is 2.24. The van der Waals surface area contributed by atoms with Gasteiger partial charge >= 0.3 is 5.97 Å². The molecule has 0 spiro atoms. The smallest absolute Gasteiger partial charge is 0.306 e. The van der Waals surface area contributed by atoms with Crippen molar-refractivity contribution >= 4 is 5.97 Å². The monoisotopic (exact) mass is 211 g/mol. The average Bonchev–Trinajstić information content (AvgIpc) is 2.18. The van der Waals surface area contributed by atoms with Crippen molar-refractivity contribution in [2.75, 3.05) is 0 Å². The maximum atomic E-state index is 10.9. The second kappa shape index (κ2) is 5.91. The van der Waals surface area contributed by atoms with Gasteiger partial charge in [-0.1, -0.05) is 12.5 Å². The molecule has 0 aromatic heterocycles. The lowest BCUT2D eigenvalue weighted by atomic mass is 9.85. The van der Waals surface area contributed by atoms with Crippen molar-refractivity contribution in [1.29, 1.82) is 0 Å². The standard InChI is InChI=1S/C12H21NO2/c1-3-5-9(2)13-11-7-4-6-10(8-11)12(14)15/h3,9-11,13H,1,4-8H2,2H3,(H,14,15). The van der Waals surface area contributed by atoms with Crippen molar-refractivity contribution in [3.63, 3.8) is 0 Å². The summed E-state index contributed by atoms with van der Waals surface area (Å²) in [6.07, 6.45) is 6.57. The third-order valence-corrected chi connectivity index (χ3v) is 3.06. The summed E-state index contributed by atoms with van der Waals surface area (Å²) in [5, 5.41) is 12.4. The SMILES string of the molecule is C=CCC(C)NC1CCCC(C(=O)O)C1. The molecule has 1 aliphatic carbocycles. The van der Waals surface area contributed by atoms with Gasteiger partial charge in [0.15, 0.2) is 0 Å². The highest BCUT2D eigenvalue weighted by molar-refractivity contribution is 5.70. The van der Waals surface area contributed by atoms with Crippen LogP contribution in [-0.4, -0.2) is 23.2 Å². The Balaban J connectivity index is 2.35. The van der Waals surface area contributed by atoms with Crippen molar-refractivity contribution in [1.82, 2.24) is 5.32 Å². The fourth-order valence-electron chi connectivity index (χ4n) is 2.29. The molecule has 0 saturated heterocycles. The molecule has 86 valence electrons. The molecule has 1 aliphatic rings. The van der Waals surface area contributed by atoms with Gasteiger partial charge in [-0.15, -0.1) is 6.58 Å². The van der Waals surface area contributed by atoms with Crippen LogP contribution in [-0.2, 0) is 4.79 Å². The molecule has 1 saturated carbocycles. The number of hydrogen-bond acceptors (Lipinski definition) is 2. The van der Waals surface area contributed by atoms with Crippen molar-refractivity contribution in [2.45, 2.75) is 51.1 Å². The minimum atomic E-state index is -0.641. The van der Waals surface area contributed by atoms with E-state index in [1.807, 2.05) is 6.08 Å². The van der Waals surface area contributed by atoms with Gasteiger partial charge < -0.3 is 10.4 Å². The van der Waals surface area contributed by atoms with Crippen LogP contribution in [0.1, 0.15) is 39.0 Å². The molecule has 1 fully saturated rings. The second-order valence-electron chi connectivity index (χ2n) is 4.49. The Morgan fingerprint density at radius 3 is 3.00 bits per heavy atom. The van der Waals surface area contributed by atoms with Crippen molar-refractivity contribution in [3.8, 4) is 0 Å². The van der Waals surface area contributed by atoms with Crippen LogP contribution < -0.4 is 5.32 Å². The van der Waals surface area contributed by atoms with Gasteiger partial charge in [0, 0.05) is 12.1 Å².